The summed E-state index contributed by atoms with van der Waals surface area (Å²) in [5.41, 5.74) is 6.46. The lowest BCUT2D eigenvalue weighted by Crippen LogP contribution is -2.49. The highest BCUT2D eigenvalue weighted by atomic mass is 15.3. The van der Waals surface area contributed by atoms with E-state index < -0.39 is 0 Å². The number of rotatable bonds is 2. The van der Waals surface area contributed by atoms with Crippen molar-refractivity contribution >= 4 is 0 Å². The largest absolute Gasteiger partial charge is 0.324 e. The van der Waals surface area contributed by atoms with E-state index in [1.807, 2.05) is 6.33 Å². The first-order chi connectivity index (χ1) is 7.75. The van der Waals surface area contributed by atoms with Gasteiger partial charge in [-0.3, -0.25) is 4.90 Å². The maximum Gasteiger partial charge on any atom is 0.147 e. The van der Waals surface area contributed by atoms with Crippen LogP contribution in [0, 0.1) is 0 Å². The number of hydrogen-bond donors (Lipinski definition) is 1. The summed E-state index contributed by atoms with van der Waals surface area (Å²) in [5, 5.41) is 8.08. The number of aromatic nitrogens is 3. The van der Waals surface area contributed by atoms with Gasteiger partial charge in [-0.15, -0.1) is 10.2 Å². The third-order valence-electron chi connectivity index (χ3n) is 3.86. The Bertz CT molecular complexity index is 366. The van der Waals surface area contributed by atoms with E-state index in [0.29, 0.717) is 0 Å². The Labute approximate surface area is 95.6 Å². The van der Waals surface area contributed by atoms with Crippen molar-refractivity contribution in [3.8, 4) is 0 Å². The molecule has 2 aliphatic rings. The fraction of sp³-hybridized carbons (Fsp3) is 0.818. The Balaban J connectivity index is 1.65. The summed E-state index contributed by atoms with van der Waals surface area (Å²) in [6.45, 7) is 3.99. The van der Waals surface area contributed by atoms with E-state index in [1.165, 1.54) is 25.7 Å². The number of fused-ring (bicyclic) bond motifs is 1. The third kappa shape index (κ3) is 1.85. The van der Waals surface area contributed by atoms with Gasteiger partial charge in [0.1, 0.15) is 12.2 Å². The molecule has 1 fully saturated rings. The first-order valence-electron chi connectivity index (χ1n) is 6.13. The molecule has 1 aromatic rings. The van der Waals surface area contributed by atoms with Gasteiger partial charge >= 0.3 is 0 Å². The van der Waals surface area contributed by atoms with E-state index in [-0.39, 0.29) is 5.54 Å². The van der Waals surface area contributed by atoms with Crippen LogP contribution in [-0.2, 0) is 13.1 Å². The molecule has 1 aliphatic heterocycles. The molecule has 0 bridgehead atoms. The van der Waals surface area contributed by atoms with E-state index in [4.69, 9.17) is 5.73 Å². The zero-order chi connectivity index (χ0) is 11.0. The molecular formula is C11H19N5. The van der Waals surface area contributed by atoms with Gasteiger partial charge in [0.05, 0.1) is 6.54 Å². The van der Waals surface area contributed by atoms with Crippen molar-refractivity contribution in [2.45, 2.75) is 44.3 Å². The smallest absolute Gasteiger partial charge is 0.147 e. The molecule has 2 N–H and O–H groups in total. The Morgan fingerprint density at radius 1 is 1.31 bits per heavy atom. The molecule has 5 nitrogen and oxygen atoms in total. The standard InChI is InChI=1S/C11H19N5/c12-11(3-1-2-4-11)8-15-5-6-16-9-13-14-10(16)7-15/h9H,1-8,12H2. The van der Waals surface area contributed by atoms with Crippen molar-refractivity contribution in [2.75, 3.05) is 13.1 Å². The fourth-order valence-corrected chi connectivity index (χ4v) is 2.93. The zero-order valence-corrected chi connectivity index (χ0v) is 9.60. The first kappa shape index (κ1) is 10.2. The third-order valence-corrected chi connectivity index (χ3v) is 3.86. The normalized spacial score (nSPS) is 24.6. The van der Waals surface area contributed by atoms with Gasteiger partial charge in [0.25, 0.3) is 0 Å². The van der Waals surface area contributed by atoms with Crippen LogP contribution in [0.15, 0.2) is 6.33 Å². The Morgan fingerprint density at radius 3 is 2.94 bits per heavy atom. The minimum atomic E-state index is 0.0577. The molecule has 0 atom stereocenters. The highest BCUT2D eigenvalue weighted by molar-refractivity contribution is 4.96. The van der Waals surface area contributed by atoms with Crippen LogP contribution in [0.25, 0.3) is 0 Å². The summed E-state index contributed by atoms with van der Waals surface area (Å²) in [6.07, 6.45) is 6.76. The van der Waals surface area contributed by atoms with Crippen LogP contribution < -0.4 is 5.73 Å². The van der Waals surface area contributed by atoms with Crippen molar-refractivity contribution in [3.63, 3.8) is 0 Å². The van der Waals surface area contributed by atoms with Crippen molar-refractivity contribution in [1.29, 1.82) is 0 Å². The molecule has 0 saturated heterocycles. The summed E-state index contributed by atoms with van der Waals surface area (Å²) in [7, 11) is 0. The number of nitrogens with two attached hydrogens (primary N) is 1. The zero-order valence-electron chi connectivity index (χ0n) is 9.60. The highest BCUT2D eigenvalue weighted by Gasteiger charge is 2.32. The quantitative estimate of drug-likeness (QED) is 0.783. The maximum absolute atomic E-state index is 6.40. The summed E-state index contributed by atoms with van der Waals surface area (Å²) >= 11 is 0. The highest BCUT2D eigenvalue weighted by Crippen LogP contribution is 2.28. The molecule has 0 amide bonds. The molecule has 0 radical (unpaired) electrons. The van der Waals surface area contributed by atoms with Crippen LogP contribution in [-0.4, -0.2) is 38.3 Å². The van der Waals surface area contributed by atoms with Gasteiger partial charge in [-0.1, -0.05) is 12.8 Å². The van der Waals surface area contributed by atoms with Crippen LogP contribution in [0.5, 0.6) is 0 Å². The lowest BCUT2D eigenvalue weighted by atomic mass is 9.98. The van der Waals surface area contributed by atoms with Crippen molar-refractivity contribution in [2.24, 2.45) is 5.73 Å². The molecule has 88 valence electrons. The number of nitrogens with zero attached hydrogens (tertiary/aromatic N) is 4. The second-order valence-electron chi connectivity index (χ2n) is 5.22. The summed E-state index contributed by atoms with van der Waals surface area (Å²) < 4.78 is 2.13. The molecule has 16 heavy (non-hydrogen) atoms. The Morgan fingerprint density at radius 2 is 2.12 bits per heavy atom. The van der Waals surface area contributed by atoms with E-state index in [2.05, 4.69) is 19.7 Å². The maximum atomic E-state index is 6.40. The van der Waals surface area contributed by atoms with E-state index >= 15 is 0 Å². The molecule has 0 spiro atoms. The van der Waals surface area contributed by atoms with E-state index in [0.717, 1.165) is 32.0 Å². The van der Waals surface area contributed by atoms with Crippen molar-refractivity contribution in [3.05, 3.63) is 12.2 Å². The molecule has 1 saturated carbocycles. The average Bonchev–Trinajstić information content (AvgIpc) is 2.86. The predicted molar refractivity (Wildman–Crippen MR) is 60.7 cm³/mol. The lowest BCUT2D eigenvalue weighted by Gasteiger charge is -2.34. The second-order valence-corrected chi connectivity index (χ2v) is 5.22. The van der Waals surface area contributed by atoms with Gasteiger partial charge in [-0.2, -0.15) is 0 Å². The molecule has 2 heterocycles. The molecule has 5 heteroatoms. The lowest BCUT2D eigenvalue weighted by molar-refractivity contribution is 0.169. The minimum Gasteiger partial charge on any atom is -0.324 e. The first-order valence-corrected chi connectivity index (χ1v) is 6.13. The molecule has 1 aliphatic carbocycles. The summed E-state index contributed by atoms with van der Waals surface area (Å²) in [6, 6.07) is 0. The minimum absolute atomic E-state index is 0.0577. The van der Waals surface area contributed by atoms with E-state index in [9.17, 15) is 0 Å². The SMILES string of the molecule is NC1(CN2CCn3cnnc3C2)CCCC1. The second kappa shape index (κ2) is 3.82. The van der Waals surface area contributed by atoms with Crippen LogP contribution >= 0.6 is 0 Å². The monoisotopic (exact) mass is 221 g/mol. The van der Waals surface area contributed by atoms with Crippen LogP contribution in [0.3, 0.4) is 0 Å². The van der Waals surface area contributed by atoms with Gasteiger partial charge in [0.2, 0.25) is 0 Å². The van der Waals surface area contributed by atoms with Crippen LogP contribution in [0.1, 0.15) is 31.5 Å². The fourth-order valence-electron chi connectivity index (χ4n) is 2.93. The topological polar surface area (TPSA) is 60.0 Å². The summed E-state index contributed by atoms with van der Waals surface area (Å²) in [4.78, 5) is 2.43. The molecule has 0 unspecified atom stereocenters. The van der Waals surface area contributed by atoms with Crippen molar-refractivity contribution in [1.82, 2.24) is 19.7 Å². The van der Waals surface area contributed by atoms with Gasteiger partial charge in [0, 0.05) is 25.2 Å². The van der Waals surface area contributed by atoms with Crippen molar-refractivity contribution < 1.29 is 0 Å². The predicted octanol–water partition coefficient (Wildman–Crippen LogP) is 0.365. The molecule has 3 rings (SSSR count). The Hall–Kier alpha value is -0.940. The molecular weight excluding hydrogens is 202 g/mol. The molecule has 1 aromatic heterocycles. The molecule has 0 aromatic carbocycles. The number of hydrogen-bond acceptors (Lipinski definition) is 4. The van der Waals surface area contributed by atoms with Gasteiger partial charge in [0.15, 0.2) is 0 Å². The van der Waals surface area contributed by atoms with Crippen LogP contribution in [0.2, 0.25) is 0 Å². The Kier molecular flexibility index (Phi) is 2.44. The summed E-state index contributed by atoms with van der Waals surface area (Å²) in [5.74, 6) is 1.08. The van der Waals surface area contributed by atoms with Gasteiger partial charge in [-0.25, -0.2) is 0 Å². The van der Waals surface area contributed by atoms with E-state index in [1.54, 1.807) is 0 Å². The van der Waals surface area contributed by atoms with Crippen LogP contribution in [0.4, 0.5) is 0 Å². The van der Waals surface area contributed by atoms with Gasteiger partial charge < -0.3 is 10.3 Å². The van der Waals surface area contributed by atoms with Gasteiger partial charge in [-0.05, 0) is 12.8 Å². The average molecular weight is 221 g/mol.